The van der Waals surface area contributed by atoms with Crippen LogP contribution >= 0.6 is 0 Å². The number of aromatic amines is 1. The normalized spacial score (nSPS) is 12.8. The largest absolute Gasteiger partial charge is 0.369 e. The van der Waals surface area contributed by atoms with Crippen molar-refractivity contribution >= 4 is 29.4 Å². The summed E-state index contributed by atoms with van der Waals surface area (Å²) in [6.07, 6.45) is 1.20. The summed E-state index contributed by atoms with van der Waals surface area (Å²) in [4.78, 5) is 66.4. The van der Waals surface area contributed by atoms with Crippen molar-refractivity contribution in [2.45, 2.75) is 6.92 Å². The van der Waals surface area contributed by atoms with Crippen molar-refractivity contribution in [1.29, 1.82) is 0 Å². The lowest BCUT2D eigenvalue weighted by atomic mass is 10.1. The fourth-order valence-corrected chi connectivity index (χ4v) is 2.29. The number of aromatic nitrogens is 1. The molecule has 2 aromatic rings. The Morgan fingerprint density at radius 1 is 1.08 bits per heavy atom. The van der Waals surface area contributed by atoms with E-state index in [9.17, 15) is 24.0 Å². The lowest BCUT2D eigenvalue weighted by molar-refractivity contribution is -0.114. The Morgan fingerprint density at radius 2 is 1.68 bits per heavy atom. The summed E-state index contributed by atoms with van der Waals surface area (Å²) in [5.41, 5.74) is -0.914. The van der Waals surface area contributed by atoms with Gasteiger partial charge < -0.3 is 15.1 Å². The summed E-state index contributed by atoms with van der Waals surface area (Å²) >= 11 is 0. The smallest absolute Gasteiger partial charge is 0.326 e. The second kappa shape index (κ2) is 6.04. The molecule has 25 heavy (non-hydrogen) atoms. The Bertz CT molecular complexity index is 943. The Hall–Kier alpha value is -3.75. The van der Waals surface area contributed by atoms with Crippen LogP contribution in [0.5, 0.6) is 0 Å². The molecule has 0 bridgehead atoms. The molecule has 1 aliphatic rings. The van der Waals surface area contributed by atoms with Gasteiger partial charge in [0, 0.05) is 13.1 Å². The fraction of sp³-hybridized carbons (Fsp3) is 0.0625. The van der Waals surface area contributed by atoms with Gasteiger partial charge in [-0.1, -0.05) is 17.2 Å². The number of amides is 3. The first kappa shape index (κ1) is 16.1. The molecule has 2 N–H and O–H groups in total. The van der Waals surface area contributed by atoms with Crippen molar-refractivity contribution in [3.63, 3.8) is 0 Å². The highest BCUT2D eigenvalue weighted by Gasteiger charge is 2.39. The molecule has 2 heterocycles. The van der Waals surface area contributed by atoms with E-state index in [2.05, 4.69) is 10.3 Å². The predicted octanol–water partition coefficient (Wildman–Crippen LogP) is 0.701. The number of hydrogen-bond donors (Lipinski definition) is 2. The van der Waals surface area contributed by atoms with Gasteiger partial charge in [-0.25, -0.2) is 4.79 Å². The van der Waals surface area contributed by atoms with Crippen LogP contribution in [0.25, 0.3) is 0 Å². The minimum Gasteiger partial charge on any atom is -0.326 e. The van der Waals surface area contributed by atoms with E-state index in [1.54, 1.807) is 12.1 Å². The lowest BCUT2D eigenvalue weighted by Gasteiger charge is -2.12. The Morgan fingerprint density at radius 3 is 2.24 bits per heavy atom. The summed E-state index contributed by atoms with van der Waals surface area (Å²) < 4.78 is 0. The number of nitrogens with one attached hydrogen (secondary N) is 2. The lowest BCUT2D eigenvalue weighted by Crippen LogP contribution is -2.34. The minimum absolute atomic E-state index is 0.0983. The zero-order valence-corrected chi connectivity index (χ0v) is 12.9. The number of imide groups is 1. The molecular formula is C16H11N3O6. The molecule has 9 heteroatoms. The fourth-order valence-electron chi connectivity index (χ4n) is 2.29. The second-order valence-electron chi connectivity index (χ2n) is 5.14. The SMILES string of the molecule is CC(=O)Nc1c[nH]c(=O)c(C(=O)ON2C(=O)c3ccccc3C2=O)c1. The van der Waals surface area contributed by atoms with Crippen LogP contribution in [0.2, 0.25) is 0 Å². The number of carbonyl (C=O) groups is 4. The van der Waals surface area contributed by atoms with E-state index >= 15 is 0 Å². The highest BCUT2D eigenvalue weighted by Crippen LogP contribution is 2.23. The number of hydroxylamine groups is 2. The third-order valence-electron chi connectivity index (χ3n) is 3.37. The monoisotopic (exact) mass is 341 g/mol. The summed E-state index contributed by atoms with van der Waals surface area (Å²) in [5, 5.41) is 2.69. The molecule has 0 saturated carbocycles. The molecule has 0 atom stereocenters. The van der Waals surface area contributed by atoms with Crippen molar-refractivity contribution in [3.8, 4) is 0 Å². The number of nitrogens with zero attached hydrogens (tertiary/aromatic N) is 1. The van der Waals surface area contributed by atoms with Crippen LogP contribution in [-0.2, 0) is 9.63 Å². The van der Waals surface area contributed by atoms with E-state index in [1.807, 2.05) is 0 Å². The van der Waals surface area contributed by atoms with Crippen molar-refractivity contribution in [1.82, 2.24) is 10.0 Å². The average Bonchev–Trinajstić information content (AvgIpc) is 2.81. The van der Waals surface area contributed by atoms with E-state index in [-0.39, 0.29) is 16.8 Å². The number of fused-ring (bicyclic) bond motifs is 1. The summed E-state index contributed by atoms with van der Waals surface area (Å²) in [7, 11) is 0. The average molecular weight is 341 g/mol. The molecule has 0 aliphatic carbocycles. The summed E-state index contributed by atoms with van der Waals surface area (Å²) in [6.45, 7) is 1.25. The first-order valence-corrected chi connectivity index (χ1v) is 7.09. The van der Waals surface area contributed by atoms with Gasteiger partial charge in [-0.2, -0.15) is 0 Å². The van der Waals surface area contributed by atoms with Gasteiger partial charge in [0.2, 0.25) is 5.91 Å². The molecule has 1 aromatic carbocycles. The maximum absolute atomic E-state index is 12.2. The maximum Gasteiger partial charge on any atom is 0.369 e. The van der Waals surface area contributed by atoms with E-state index < -0.39 is 34.8 Å². The standard InChI is InChI=1S/C16H11N3O6/c1-8(20)18-9-6-12(13(21)17-7-9)16(24)25-19-14(22)10-4-2-3-5-11(10)15(19)23/h2-7H,1H3,(H,17,21)(H,18,20). The predicted molar refractivity (Wildman–Crippen MR) is 83.7 cm³/mol. The molecule has 0 radical (unpaired) electrons. The maximum atomic E-state index is 12.2. The summed E-state index contributed by atoms with van der Waals surface area (Å²) in [5.74, 6) is -3.22. The van der Waals surface area contributed by atoms with Gasteiger partial charge in [-0.15, -0.1) is 0 Å². The number of pyridine rings is 1. The third-order valence-corrected chi connectivity index (χ3v) is 3.37. The quantitative estimate of drug-likeness (QED) is 0.792. The molecule has 3 amide bonds. The Kier molecular flexibility index (Phi) is 3.89. The zero-order valence-electron chi connectivity index (χ0n) is 12.9. The van der Waals surface area contributed by atoms with Crippen LogP contribution < -0.4 is 10.9 Å². The number of rotatable bonds is 3. The Balaban J connectivity index is 1.86. The summed E-state index contributed by atoms with van der Waals surface area (Å²) in [6, 6.07) is 7.07. The van der Waals surface area contributed by atoms with Gasteiger partial charge >= 0.3 is 5.97 Å². The highest BCUT2D eigenvalue weighted by molar-refractivity contribution is 6.21. The molecule has 3 rings (SSSR count). The van der Waals surface area contributed by atoms with Crippen molar-refractivity contribution < 1.29 is 24.0 Å². The molecule has 126 valence electrons. The van der Waals surface area contributed by atoms with Gasteiger partial charge in [-0.3, -0.25) is 19.2 Å². The highest BCUT2D eigenvalue weighted by atomic mass is 16.7. The van der Waals surface area contributed by atoms with Crippen molar-refractivity contribution in [2.75, 3.05) is 5.32 Å². The van der Waals surface area contributed by atoms with Crippen LogP contribution in [0, 0.1) is 0 Å². The van der Waals surface area contributed by atoms with Crippen molar-refractivity contribution in [2.24, 2.45) is 0 Å². The van der Waals surface area contributed by atoms with Crippen molar-refractivity contribution in [3.05, 3.63) is 63.6 Å². The van der Waals surface area contributed by atoms with Crippen LogP contribution in [-0.4, -0.2) is 33.7 Å². The molecule has 9 nitrogen and oxygen atoms in total. The van der Waals surface area contributed by atoms with Gasteiger partial charge in [0.05, 0.1) is 16.8 Å². The van der Waals surface area contributed by atoms with Gasteiger partial charge in [0.25, 0.3) is 17.4 Å². The molecule has 0 unspecified atom stereocenters. The number of carbonyl (C=O) groups excluding carboxylic acids is 4. The molecule has 0 fully saturated rings. The number of anilines is 1. The zero-order chi connectivity index (χ0) is 18.1. The number of benzene rings is 1. The van der Waals surface area contributed by atoms with Gasteiger partial charge in [0.15, 0.2) is 0 Å². The van der Waals surface area contributed by atoms with Gasteiger partial charge in [0.1, 0.15) is 5.56 Å². The molecule has 1 aromatic heterocycles. The van der Waals surface area contributed by atoms with E-state index in [1.165, 1.54) is 25.3 Å². The molecule has 0 spiro atoms. The second-order valence-corrected chi connectivity index (χ2v) is 5.14. The molecular weight excluding hydrogens is 330 g/mol. The van der Waals surface area contributed by atoms with E-state index in [0.29, 0.717) is 5.06 Å². The van der Waals surface area contributed by atoms with Crippen LogP contribution in [0.1, 0.15) is 38.0 Å². The topological polar surface area (TPSA) is 126 Å². The molecule has 1 aliphatic heterocycles. The first-order chi connectivity index (χ1) is 11.9. The van der Waals surface area contributed by atoms with Crippen LogP contribution in [0.15, 0.2) is 41.3 Å². The van der Waals surface area contributed by atoms with Gasteiger partial charge in [-0.05, 0) is 18.2 Å². The third kappa shape index (κ3) is 2.90. The minimum atomic E-state index is -1.21. The van der Waals surface area contributed by atoms with E-state index in [4.69, 9.17) is 4.84 Å². The van der Waals surface area contributed by atoms with Crippen LogP contribution in [0.3, 0.4) is 0 Å². The number of hydrogen-bond acceptors (Lipinski definition) is 6. The van der Waals surface area contributed by atoms with E-state index in [0.717, 1.165) is 6.07 Å². The Labute approximate surface area is 140 Å². The molecule has 0 saturated heterocycles. The van der Waals surface area contributed by atoms with Crippen LogP contribution in [0.4, 0.5) is 5.69 Å². The number of H-pyrrole nitrogens is 1. The first-order valence-electron chi connectivity index (χ1n) is 7.09.